The van der Waals surface area contributed by atoms with Gasteiger partial charge in [0.15, 0.2) is 0 Å². The summed E-state index contributed by atoms with van der Waals surface area (Å²) in [6.07, 6.45) is 2.97. The van der Waals surface area contributed by atoms with Crippen molar-refractivity contribution < 1.29 is 22.7 Å². The van der Waals surface area contributed by atoms with E-state index in [4.69, 9.17) is 9.47 Å². The third-order valence-corrected chi connectivity index (χ3v) is 5.75. The fourth-order valence-corrected chi connectivity index (χ4v) is 3.93. The number of hydrogen-bond donors (Lipinski definition) is 1. The van der Waals surface area contributed by atoms with Crippen molar-refractivity contribution in [2.75, 3.05) is 30.3 Å². The van der Waals surface area contributed by atoms with E-state index in [2.05, 4.69) is 5.32 Å². The van der Waals surface area contributed by atoms with Crippen LogP contribution in [0.3, 0.4) is 0 Å². The second-order valence-electron chi connectivity index (χ2n) is 6.98. The molecule has 1 aliphatic heterocycles. The normalized spacial score (nSPS) is 16.4. The van der Waals surface area contributed by atoms with Crippen molar-refractivity contribution in [2.45, 2.75) is 25.6 Å². The Balaban J connectivity index is 1.59. The minimum absolute atomic E-state index is 0.00619. The predicted octanol–water partition coefficient (Wildman–Crippen LogP) is 2.33. The fourth-order valence-electron chi connectivity index (χ4n) is 3.07. The average molecular weight is 419 g/mol. The number of carbonyl (C=O) groups is 1. The number of sulfonamides is 1. The van der Waals surface area contributed by atoms with E-state index in [9.17, 15) is 13.2 Å². The van der Waals surface area contributed by atoms with Gasteiger partial charge in [0.1, 0.15) is 18.9 Å². The maximum Gasteiger partial charge on any atom is 0.240 e. The Hall–Kier alpha value is -2.58. The summed E-state index contributed by atoms with van der Waals surface area (Å²) in [7, 11) is -3.62. The highest BCUT2D eigenvalue weighted by molar-refractivity contribution is 7.92. The van der Waals surface area contributed by atoms with E-state index in [1.54, 1.807) is 24.3 Å². The van der Waals surface area contributed by atoms with E-state index in [0.717, 1.165) is 29.0 Å². The highest BCUT2D eigenvalue weighted by Crippen LogP contribution is 2.22. The Morgan fingerprint density at radius 2 is 1.90 bits per heavy atom. The van der Waals surface area contributed by atoms with Gasteiger partial charge in [0.25, 0.3) is 0 Å². The Kier molecular flexibility index (Phi) is 7.11. The number of nitrogens with one attached hydrogen (secondary N) is 1. The number of ether oxygens (including phenoxy) is 2. The summed E-state index contributed by atoms with van der Waals surface area (Å²) in [6, 6.07) is 16.4. The molecular weight excluding hydrogens is 392 g/mol. The summed E-state index contributed by atoms with van der Waals surface area (Å²) >= 11 is 0. The minimum atomic E-state index is -3.62. The van der Waals surface area contributed by atoms with Gasteiger partial charge in [-0.15, -0.1) is 0 Å². The molecular formula is C21H26N2O5S. The second-order valence-corrected chi connectivity index (χ2v) is 8.88. The SMILES string of the molecule is CS(=O)(=O)N(CC(=O)NC[C@@H]1CCCO1)c1ccc(OCc2ccccc2)cc1. The lowest BCUT2D eigenvalue weighted by molar-refractivity contribution is -0.120. The van der Waals surface area contributed by atoms with Crippen LogP contribution in [-0.4, -0.2) is 46.4 Å². The predicted molar refractivity (Wildman–Crippen MR) is 111 cm³/mol. The summed E-state index contributed by atoms with van der Waals surface area (Å²) in [5.41, 5.74) is 1.45. The molecule has 2 aromatic rings. The Labute approximate surface area is 171 Å². The van der Waals surface area contributed by atoms with Crippen LogP contribution < -0.4 is 14.4 Å². The van der Waals surface area contributed by atoms with Crippen molar-refractivity contribution in [3.63, 3.8) is 0 Å². The first-order chi connectivity index (χ1) is 13.9. The first-order valence-electron chi connectivity index (χ1n) is 9.54. The topological polar surface area (TPSA) is 84.9 Å². The van der Waals surface area contributed by atoms with Crippen molar-refractivity contribution in [1.82, 2.24) is 5.32 Å². The number of rotatable bonds is 9. The monoisotopic (exact) mass is 418 g/mol. The van der Waals surface area contributed by atoms with Gasteiger partial charge in [-0.2, -0.15) is 0 Å². The molecule has 1 heterocycles. The van der Waals surface area contributed by atoms with Crippen LogP contribution in [0.4, 0.5) is 5.69 Å². The van der Waals surface area contributed by atoms with Crippen LogP contribution in [0.25, 0.3) is 0 Å². The summed E-state index contributed by atoms with van der Waals surface area (Å²) in [4.78, 5) is 12.3. The molecule has 0 aromatic heterocycles. The van der Waals surface area contributed by atoms with Crippen LogP contribution in [-0.2, 0) is 26.2 Å². The molecule has 8 heteroatoms. The molecule has 0 bridgehead atoms. The lowest BCUT2D eigenvalue weighted by Gasteiger charge is -2.22. The molecule has 1 atom stereocenters. The number of carbonyl (C=O) groups excluding carboxylic acids is 1. The molecule has 1 amide bonds. The van der Waals surface area contributed by atoms with Crippen molar-refractivity contribution >= 4 is 21.6 Å². The van der Waals surface area contributed by atoms with Gasteiger partial charge >= 0.3 is 0 Å². The molecule has 0 saturated carbocycles. The van der Waals surface area contributed by atoms with Gasteiger partial charge in [0.2, 0.25) is 15.9 Å². The van der Waals surface area contributed by atoms with Gasteiger partial charge in [-0.1, -0.05) is 30.3 Å². The van der Waals surface area contributed by atoms with Crippen molar-refractivity contribution in [3.05, 3.63) is 60.2 Å². The molecule has 29 heavy (non-hydrogen) atoms. The molecule has 0 radical (unpaired) electrons. The summed E-state index contributed by atoms with van der Waals surface area (Å²) in [6.45, 7) is 1.23. The maximum absolute atomic E-state index is 12.3. The highest BCUT2D eigenvalue weighted by Gasteiger charge is 2.22. The smallest absolute Gasteiger partial charge is 0.240 e. The quantitative estimate of drug-likeness (QED) is 0.676. The standard InChI is InChI=1S/C21H26N2O5S/c1-29(25,26)23(15-21(24)22-14-20-8-5-13-27-20)18-9-11-19(12-10-18)28-16-17-6-3-2-4-7-17/h2-4,6-7,9-12,20H,5,8,13-16H2,1H3,(H,22,24)/t20-/m0/s1. The third-order valence-electron chi connectivity index (χ3n) is 4.61. The van der Waals surface area contributed by atoms with Crippen LogP contribution >= 0.6 is 0 Å². The van der Waals surface area contributed by atoms with Crippen molar-refractivity contribution in [1.29, 1.82) is 0 Å². The largest absolute Gasteiger partial charge is 0.489 e. The van der Waals surface area contributed by atoms with Gasteiger partial charge in [-0.25, -0.2) is 8.42 Å². The van der Waals surface area contributed by atoms with Gasteiger partial charge in [-0.3, -0.25) is 9.10 Å². The Bertz CT molecular complexity index is 894. The molecule has 2 aromatic carbocycles. The van der Waals surface area contributed by atoms with Gasteiger partial charge in [0, 0.05) is 13.2 Å². The molecule has 7 nitrogen and oxygen atoms in total. The van der Waals surface area contributed by atoms with E-state index in [1.165, 1.54) is 0 Å². The fraction of sp³-hybridized carbons (Fsp3) is 0.381. The third kappa shape index (κ3) is 6.47. The van der Waals surface area contributed by atoms with Crippen molar-refractivity contribution in [2.24, 2.45) is 0 Å². The number of benzene rings is 2. The van der Waals surface area contributed by atoms with Gasteiger partial charge in [-0.05, 0) is 42.7 Å². The number of anilines is 1. The molecule has 0 spiro atoms. The zero-order valence-corrected chi connectivity index (χ0v) is 17.2. The lowest BCUT2D eigenvalue weighted by atomic mass is 10.2. The van der Waals surface area contributed by atoms with E-state index in [-0.39, 0.29) is 18.6 Å². The molecule has 1 N–H and O–H groups in total. The van der Waals surface area contributed by atoms with E-state index < -0.39 is 10.0 Å². The molecule has 1 fully saturated rings. The van der Waals surface area contributed by atoms with Crippen LogP contribution in [0.15, 0.2) is 54.6 Å². The molecule has 0 unspecified atom stereocenters. The van der Waals surface area contributed by atoms with Gasteiger partial charge < -0.3 is 14.8 Å². The summed E-state index contributed by atoms with van der Waals surface area (Å²) < 4.78 is 36.7. The first kappa shape index (κ1) is 21.1. The van der Waals surface area contributed by atoms with Crippen molar-refractivity contribution in [3.8, 4) is 5.75 Å². The zero-order valence-electron chi connectivity index (χ0n) is 16.4. The van der Waals surface area contributed by atoms with E-state index in [0.29, 0.717) is 31.2 Å². The minimum Gasteiger partial charge on any atom is -0.489 e. The Morgan fingerprint density at radius 3 is 2.52 bits per heavy atom. The number of nitrogens with zero attached hydrogens (tertiary/aromatic N) is 1. The maximum atomic E-state index is 12.3. The van der Waals surface area contributed by atoms with Crippen LogP contribution in [0.2, 0.25) is 0 Å². The molecule has 0 aliphatic carbocycles. The molecule has 1 aliphatic rings. The van der Waals surface area contributed by atoms with E-state index >= 15 is 0 Å². The highest BCUT2D eigenvalue weighted by atomic mass is 32.2. The number of amides is 1. The number of hydrogen-bond acceptors (Lipinski definition) is 5. The average Bonchev–Trinajstić information content (AvgIpc) is 3.23. The molecule has 1 saturated heterocycles. The summed E-state index contributed by atoms with van der Waals surface area (Å²) in [5, 5.41) is 2.75. The molecule has 156 valence electrons. The molecule has 3 rings (SSSR count). The summed E-state index contributed by atoms with van der Waals surface area (Å²) in [5.74, 6) is 0.254. The van der Waals surface area contributed by atoms with Crippen LogP contribution in [0.1, 0.15) is 18.4 Å². The second kappa shape index (κ2) is 9.76. The van der Waals surface area contributed by atoms with E-state index in [1.807, 2.05) is 30.3 Å². The Morgan fingerprint density at radius 1 is 1.17 bits per heavy atom. The first-order valence-corrected chi connectivity index (χ1v) is 11.4. The van der Waals surface area contributed by atoms with Crippen LogP contribution in [0.5, 0.6) is 5.75 Å². The zero-order chi connectivity index (χ0) is 20.7. The lowest BCUT2D eigenvalue weighted by Crippen LogP contribution is -2.42. The van der Waals surface area contributed by atoms with Gasteiger partial charge in [0.05, 0.1) is 18.0 Å². The van der Waals surface area contributed by atoms with Crippen LogP contribution in [0, 0.1) is 0 Å².